The van der Waals surface area contributed by atoms with Crippen LogP contribution in [-0.2, 0) is 6.54 Å². The van der Waals surface area contributed by atoms with Gasteiger partial charge in [0.2, 0.25) is 0 Å². The van der Waals surface area contributed by atoms with E-state index in [1.54, 1.807) is 0 Å². The maximum atomic E-state index is 6.07. The molecular formula is C14H21N3. The molecule has 3 nitrogen and oxygen atoms in total. The zero-order chi connectivity index (χ0) is 12.1. The van der Waals surface area contributed by atoms with Crippen molar-refractivity contribution < 1.29 is 0 Å². The number of nitrogens with zero attached hydrogens (tertiary/aromatic N) is 2. The molecule has 1 fully saturated rings. The Bertz CT molecular complexity index is 368. The van der Waals surface area contributed by atoms with Crippen molar-refractivity contribution in [1.29, 1.82) is 0 Å². The summed E-state index contributed by atoms with van der Waals surface area (Å²) in [4.78, 5) is 6.75. The molecule has 92 valence electrons. The molecule has 0 amide bonds. The van der Waals surface area contributed by atoms with Crippen LogP contribution in [0, 0.1) is 0 Å². The van der Waals surface area contributed by atoms with Crippen LogP contribution in [-0.4, -0.2) is 23.4 Å². The number of guanidine groups is 1. The maximum Gasteiger partial charge on any atom is 0.191 e. The largest absolute Gasteiger partial charge is 0.370 e. The Labute approximate surface area is 103 Å². The van der Waals surface area contributed by atoms with Gasteiger partial charge in [0.1, 0.15) is 0 Å². The van der Waals surface area contributed by atoms with E-state index in [0.717, 1.165) is 13.0 Å². The molecule has 0 aromatic heterocycles. The van der Waals surface area contributed by atoms with E-state index >= 15 is 0 Å². The fourth-order valence-electron chi connectivity index (χ4n) is 1.96. The lowest BCUT2D eigenvalue weighted by Gasteiger charge is -2.22. The minimum atomic E-state index is 0.648. The summed E-state index contributed by atoms with van der Waals surface area (Å²) < 4.78 is 0. The Morgan fingerprint density at radius 3 is 2.65 bits per heavy atom. The molecule has 0 heterocycles. The van der Waals surface area contributed by atoms with Gasteiger partial charge in [-0.25, -0.2) is 4.99 Å². The second-order valence-corrected chi connectivity index (χ2v) is 4.58. The summed E-state index contributed by atoms with van der Waals surface area (Å²) in [7, 11) is 0. The lowest BCUT2D eigenvalue weighted by molar-refractivity contribution is 0.402. The normalized spacial score (nSPS) is 15.9. The highest BCUT2D eigenvalue weighted by atomic mass is 15.3. The molecule has 0 radical (unpaired) electrons. The van der Waals surface area contributed by atoms with Gasteiger partial charge in [-0.2, -0.15) is 0 Å². The average Bonchev–Trinajstić information content (AvgIpc) is 3.18. The second kappa shape index (κ2) is 5.71. The summed E-state index contributed by atoms with van der Waals surface area (Å²) >= 11 is 0. The zero-order valence-electron chi connectivity index (χ0n) is 10.5. The number of hydrogen-bond donors (Lipinski definition) is 1. The standard InChI is InChI=1S/C14H21N3/c1-2-10-17(13-8-9-13)14(15)16-11-12-6-4-3-5-7-12/h3-7,13H,2,8-11H2,1H3,(H2,15,16). The molecule has 0 spiro atoms. The number of rotatable bonds is 5. The van der Waals surface area contributed by atoms with Crippen LogP contribution in [0.15, 0.2) is 35.3 Å². The van der Waals surface area contributed by atoms with Crippen LogP contribution >= 0.6 is 0 Å². The lowest BCUT2D eigenvalue weighted by Crippen LogP contribution is -2.39. The summed E-state index contributed by atoms with van der Waals surface area (Å²) in [5.41, 5.74) is 7.28. The van der Waals surface area contributed by atoms with E-state index in [4.69, 9.17) is 5.73 Å². The van der Waals surface area contributed by atoms with Gasteiger partial charge in [-0.15, -0.1) is 0 Å². The van der Waals surface area contributed by atoms with Gasteiger partial charge in [0, 0.05) is 12.6 Å². The third kappa shape index (κ3) is 3.48. The Balaban J connectivity index is 1.95. The van der Waals surface area contributed by atoms with Crippen molar-refractivity contribution in [2.45, 2.75) is 38.8 Å². The van der Waals surface area contributed by atoms with Crippen molar-refractivity contribution in [3.05, 3.63) is 35.9 Å². The molecule has 0 atom stereocenters. The maximum absolute atomic E-state index is 6.07. The first-order chi connectivity index (χ1) is 8.31. The topological polar surface area (TPSA) is 41.6 Å². The van der Waals surface area contributed by atoms with Crippen LogP contribution in [0.2, 0.25) is 0 Å². The predicted molar refractivity (Wildman–Crippen MR) is 71.8 cm³/mol. The van der Waals surface area contributed by atoms with Crippen LogP contribution in [0.3, 0.4) is 0 Å². The van der Waals surface area contributed by atoms with Crippen molar-refractivity contribution in [2.75, 3.05) is 6.54 Å². The average molecular weight is 231 g/mol. The lowest BCUT2D eigenvalue weighted by atomic mass is 10.2. The minimum absolute atomic E-state index is 0.648. The van der Waals surface area contributed by atoms with Gasteiger partial charge in [-0.3, -0.25) is 0 Å². The van der Waals surface area contributed by atoms with E-state index < -0.39 is 0 Å². The smallest absolute Gasteiger partial charge is 0.191 e. The third-order valence-corrected chi connectivity index (χ3v) is 3.01. The molecule has 1 aromatic carbocycles. The summed E-state index contributed by atoms with van der Waals surface area (Å²) in [6.07, 6.45) is 3.65. The highest BCUT2D eigenvalue weighted by Crippen LogP contribution is 2.26. The van der Waals surface area contributed by atoms with E-state index in [1.165, 1.54) is 18.4 Å². The molecule has 0 bridgehead atoms. The fraction of sp³-hybridized carbons (Fsp3) is 0.500. The number of aliphatic imine (C=N–C) groups is 1. The highest BCUT2D eigenvalue weighted by Gasteiger charge is 2.29. The van der Waals surface area contributed by atoms with Gasteiger partial charge >= 0.3 is 0 Å². The minimum Gasteiger partial charge on any atom is -0.370 e. The van der Waals surface area contributed by atoms with Gasteiger partial charge < -0.3 is 10.6 Å². The molecule has 1 saturated carbocycles. The van der Waals surface area contributed by atoms with E-state index in [0.29, 0.717) is 18.5 Å². The second-order valence-electron chi connectivity index (χ2n) is 4.58. The molecular weight excluding hydrogens is 210 g/mol. The highest BCUT2D eigenvalue weighted by molar-refractivity contribution is 5.78. The van der Waals surface area contributed by atoms with Crippen molar-refractivity contribution in [1.82, 2.24) is 4.90 Å². The molecule has 17 heavy (non-hydrogen) atoms. The number of hydrogen-bond acceptors (Lipinski definition) is 1. The summed E-state index contributed by atoms with van der Waals surface area (Å²) in [5.74, 6) is 0.707. The molecule has 2 rings (SSSR count). The molecule has 3 heteroatoms. The van der Waals surface area contributed by atoms with Gasteiger partial charge in [0.05, 0.1) is 6.54 Å². The summed E-state index contributed by atoms with van der Waals surface area (Å²) in [6, 6.07) is 10.9. The molecule has 1 aliphatic rings. The number of nitrogens with two attached hydrogens (primary N) is 1. The molecule has 0 aliphatic heterocycles. The van der Waals surface area contributed by atoms with Gasteiger partial charge in [0.15, 0.2) is 5.96 Å². The van der Waals surface area contributed by atoms with Crippen LogP contribution in [0.4, 0.5) is 0 Å². The van der Waals surface area contributed by atoms with E-state index in [2.05, 4.69) is 28.9 Å². The van der Waals surface area contributed by atoms with Crippen LogP contribution in [0.1, 0.15) is 31.7 Å². The monoisotopic (exact) mass is 231 g/mol. The van der Waals surface area contributed by atoms with Gasteiger partial charge in [0.25, 0.3) is 0 Å². The zero-order valence-corrected chi connectivity index (χ0v) is 10.5. The van der Waals surface area contributed by atoms with E-state index in [-0.39, 0.29) is 0 Å². The first-order valence-corrected chi connectivity index (χ1v) is 6.41. The molecule has 0 saturated heterocycles. The van der Waals surface area contributed by atoms with Crippen molar-refractivity contribution in [3.63, 3.8) is 0 Å². The van der Waals surface area contributed by atoms with E-state index in [1.807, 2.05) is 18.2 Å². The number of benzene rings is 1. The Kier molecular flexibility index (Phi) is 4.02. The van der Waals surface area contributed by atoms with Gasteiger partial charge in [-0.05, 0) is 24.8 Å². The first kappa shape index (κ1) is 12.0. The molecule has 0 unspecified atom stereocenters. The van der Waals surface area contributed by atoms with Crippen molar-refractivity contribution in [3.8, 4) is 0 Å². The Morgan fingerprint density at radius 1 is 1.35 bits per heavy atom. The molecule has 1 aliphatic carbocycles. The summed E-state index contributed by atoms with van der Waals surface area (Å²) in [6.45, 7) is 3.88. The van der Waals surface area contributed by atoms with E-state index in [9.17, 15) is 0 Å². The molecule has 2 N–H and O–H groups in total. The van der Waals surface area contributed by atoms with Crippen LogP contribution in [0.5, 0.6) is 0 Å². The Morgan fingerprint density at radius 2 is 2.06 bits per heavy atom. The van der Waals surface area contributed by atoms with Crippen molar-refractivity contribution in [2.24, 2.45) is 10.7 Å². The third-order valence-electron chi connectivity index (χ3n) is 3.01. The predicted octanol–water partition coefficient (Wildman–Crippen LogP) is 2.38. The van der Waals surface area contributed by atoms with Crippen molar-refractivity contribution >= 4 is 5.96 Å². The fourth-order valence-corrected chi connectivity index (χ4v) is 1.96. The summed E-state index contributed by atoms with van der Waals surface area (Å²) in [5, 5.41) is 0. The molecule has 1 aromatic rings. The van der Waals surface area contributed by atoms with Crippen LogP contribution < -0.4 is 5.73 Å². The quantitative estimate of drug-likeness (QED) is 0.624. The SMILES string of the molecule is CCCN(C(N)=NCc1ccccc1)C1CC1. The first-order valence-electron chi connectivity index (χ1n) is 6.41. The van der Waals surface area contributed by atoms with Crippen LogP contribution in [0.25, 0.3) is 0 Å². The van der Waals surface area contributed by atoms with Gasteiger partial charge in [-0.1, -0.05) is 37.3 Å². The Hall–Kier alpha value is -1.51.